The summed E-state index contributed by atoms with van der Waals surface area (Å²) in [5.74, 6) is 0.947. The molecular formula is C15H12N2O3. The number of phenols is 1. The highest BCUT2D eigenvalue weighted by atomic mass is 16.5. The molecular weight excluding hydrogens is 256 g/mol. The predicted octanol–water partition coefficient (Wildman–Crippen LogP) is 2.30. The van der Waals surface area contributed by atoms with Crippen LogP contribution in [0, 0.1) is 0 Å². The third-order valence-electron chi connectivity index (χ3n) is 3.05. The number of aromatic amines is 1. The Morgan fingerprint density at radius 3 is 2.80 bits per heavy atom. The van der Waals surface area contributed by atoms with E-state index in [1.54, 1.807) is 24.3 Å². The molecule has 3 rings (SSSR count). The zero-order chi connectivity index (χ0) is 14.1. The number of aromatic hydroxyl groups is 1. The van der Waals surface area contributed by atoms with Crippen LogP contribution >= 0.6 is 0 Å². The van der Waals surface area contributed by atoms with E-state index in [0.29, 0.717) is 28.0 Å². The number of para-hydroxylation sites is 1. The first-order valence-corrected chi connectivity index (χ1v) is 6.05. The minimum Gasteiger partial charge on any atom is -0.508 e. The van der Waals surface area contributed by atoms with Crippen LogP contribution in [0.2, 0.25) is 0 Å². The summed E-state index contributed by atoms with van der Waals surface area (Å²) >= 11 is 0. The Labute approximate surface area is 114 Å². The van der Waals surface area contributed by atoms with E-state index in [1.807, 2.05) is 6.07 Å². The van der Waals surface area contributed by atoms with E-state index in [2.05, 4.69) is 9.97 Å². The molecule has 0 aliphatic rings. The van der Waals surface area contributed by atoms with Gasteiger partial charge in [0.15, 0.2) is 0 Å². The number of hydrogen-bond acceptors (Lipinski definition) is 4. The molecule has 0 amide bonds. The van der Waals surface area contributed by atoms with E-state index in [9.17, 15) is 9.90 Å². The molecule has 3 aromatic rings. The number of methoxy groups -OCH3 is 1. The summed E-state index contributed by atoms with van der Waals surface area (Å²) in [4.78, 5) is 19.2. The molecule has 2 aromatic carbocycles. The van der Waals surface area contributed by atoms with E-state index in [-0.39, 0.29) is 11.3 Å². The normalized spacial score (nSPS) is 10.7. The second-order valence-electron chi connectivity index (χ2n) is 4.32. The Morgan fingerprint density at radius 2 is 2.00 bits per heavy atom. The average Bonchev–Trinajstić information content (AvgIpc) is 2.47. The van der Waals surface area contributed by atoms with Gasteiger partial charge in [-0.3, -0.25) is 4.79 Å². The van der Waals surface area contributed by atoms with Crippen molar-refractivity contribution in [2.75, 3.05) is 7.11 Å². The number of ether oxygens (including phenoxy) is 1. The molecule has 0 bridgehead atoms. The van der Waals surface area contributed by atoms with E-state index in [0.717, 1.165) is 0 Å². The second kappa shape index (κ2) is 4.70. The molecule has 0 saturated carbocycles. The molecule has 20 heavy (non-hydrogen) atoms. The number of aromatic nitrogens is 2. The SMILES string of the molecule is COc1cc(O)ccc1-c1nc2ccccc2c(=O)[nH]1. The lowest BCUT2D eigenvalue weighted by atomic mass is 10.1. The predicted molar refractivity (Wildman–Crippen MR) is 76.0 cm³/mol. The summed E-state index contributed by atoms with van der Waals surface area (Å²) < 4.78 is 5.21. The first kappa shape index (κ1) is 12.2. The van der Waals surface area contributed by atoms with Crippen molar-refractivity contribution in [3.8, 4) is 22.9 Å². The molecule has 0 unspecified atom stereocenters. The maximum atomic E-state index is 12.1. The summed E-state index contributed by atoms with van der Waals surface area (Å²) in [6.07, 6.45) is 0. The first-order chi connectivity index (χ1) is 9.69. The molecule has 1 aromatic heterocycles. The van der Waals surface area contributed by atoms with Crippen LogP contribution in [-0.4, -0.2) is 22.2 Å². The highest BCUT2D eigenvalue weighted by molar-refractivity contribution is 5.80. The van der Waals surface area contributed by atoms with E-state index in [4.69, 9.17) is 4.74 Å². The summed E-state index contributed by atoms with van der Waals surface area (Å²) in [7, 11) is 1.50. The van der Waals surface area contributed by atoms with E-state index in [1.165, 1.54) is 19.2 Å². The van der Waals surface area contributed by atoms with Gasteiger partial charge in [0.1, 0.15) is 17.3 Å². The lowest BCUT2D eigenvalue weighted by Gasteiger charge is -2.08. The van der Waals surface area contributed by atoms with Gasteiger partial charge in [-0.15, -0.1) is 0 Å². The standard InChI is InChI=1S/C15H12N2O3/c1-20-13-8-9(18)6-7-11(13)14-16-12-5-3-2-4-10(12)15(19)17-14/h2-8,18H,1H3,(H,16,17,19). The van der Waals surface area contributed by atoms with Gasteiger partial charge in [-0.1, -0.05) is 12.1 Å². The van der Waals surface area contributed by atoms with Crippen LogP contribution in [-0.2, 0) is 0 Å². The molecule has 0 radical (unpaired) electrons. The third kappa shape index (κ3) is 1.99. The quantitative estimate of drug-likeness (QED) is 0.747. The Morgan fingerprint density at radius 1 is 1.20 bits per heavy atom. The largest absolute Gasteiger partial charge is 0.508 e. The number of rotatable bonds is 2. The molecule has 0 saturated heterocycles. The van der Waals surface area contributed by atoms with Crippen molar-refractivity contribution in [3.05, 3.63) is 52.8 Å². The van der Waals surface area contributed by atoms with Gasteiger partial charge in [-0.05, 0) is 24.3 Å². The van der Waals surface area contributed by atoms with Gasteiger partial charge in [0.05, 0.1) is 23.6 Å². The number of H-pyrrole nitrogens is 1. The smallest absolute Gasteiger partial charge is 0.259 e. The molecule has 0 spiro atoms. The fourth-order valence-corrected chi connectivity index (χ4v) is 2.09. The maximum Gasteiger partial charge on any atom is 0.259 e. The molecule has 5 nitrogen and oxygen atoms in total. The minimum atomic E-state index is -0.208. The monoisotopic (exact) mass is 268 g/mol. The van der Waals surface area contributed by atoms with Crippen molar-refractivity contribution >= 4 is 10.9 Å². The van der Waals surface area contributed by atoms with Crippen LogP contribution in [0.15, 0.2) is 47.3 Å². The Kier molecular flexibility index (Phi) is 2.87. The molecule has 0 aliphatic carbocycles. The molecule has 1 heterocycles. The molecule has 2 N–H and O–H groups in total. The molecule has 0 fully saturated rings. The molecule has 0 aliphatic heterocycles. The third-order valence-corrected chi connectivity index (χ3v) is 3.05. The Balaban J connectivity index is 2.27. The molecule has 100 valence electrons. The lowest BCUT2D eigenvalue weighted by Crippen LogP contribution is -2.09. The van der Waals surface area contributed by atoms with Crippen LogP contribution < -0.4 is 10.3 Å². The molecule has 0 atom stereocenters. The van der Waals surface area contributed by atoms with Gasteiger partial charge in [-0.25, -0.2) is 4.98 Å². The fraction of sp³-hybridized carbons (Fsp3) is 0.0667. The summed E-state index contributed by atoms with van der Waals surface area (Å²) in [6, 6.07) is 11.8. The zero-order valence-corrected chi connectivity index (χ0v) is 10.8. The first-order valence-electron chi connectivity index (χ1n) is 6.05. The van der Waals surface area contributed by atoms with Gasteiger partial charge in [-0.2, -0.15) is 0 Å². The van der Waals surface area contributed by atoms with E-state index < -0.39 is 0 Å². The van der Waals surface area contributed by atoms with Crippen LogP contribution in [0.1, 0.15) is 0 Å². The van der Waals surface area contributed by atoms with Gasteiger partial charge in [0.25, 0.3) is 5.56 Å². The van der Waals surface area contributed by atoms with E-state index >= 15 is 0 Å². The van der Waals surface area contributed by atoms with Crippen molar-refractivity contribution in [1.82, 2.24) is 9.97 Å². The van der Waals surface area contributed by atoms with Crippen molar-refractivity contribution in [2.45, 2.75) is 0 Å². The van der Waals surface area contributed by atoms with Crippen molar-refractivity contribution in [3.63, 3.8) is 0 Å². The lowest BCUT2D eigenvalue weighted by molar-refractivity contribution is 0.409. The number of fused-ring (bicyclic) bond motifs is 1. The van der Waals surface area contributed by atoms with Gasteiger partial charge < -0.3 is 14.8 Å². The summed E-state index contributed by atoms with van der Waals surface area (Å²) in [5, 5.41) is 10.0. The van der Waals surface area contributed by atoms with Crippen LogP contribution in [0.4, 0.5) is 0 Å². The highest BCUT2D eigenvalue weighted by Crippen LogP contribution is 2.30. The average molecular weight is 268 g/mol. The van der Waals surface area contributed by atoms with Crippen LogP contribution in [0.3, 0.4) is 0 Å². The minimum absolute atomic E-state index is 0.0914. The van der Waals surface area contributed by atoms with Crippen molar-refractivity contribution < 1.29 is 9.84 Å². The highest BCUT2D eigenvalue weighted by Gasteiger charge is 2.11. The number of hydrogen-bond donors (Lipinski definition) is 2. The number of phenolic OH excluding ortho intramolecular Hbond substituents is 1. The van der Waals surface area contributed by atoms with Crippen LogP contribution in [0.25, 0.3) is 22.3 Å². The van der Waals surface area contributed by atoms with Crippen molar-refractivity contribution in [1.29, 1.82) is 0 Å². The summed E-state index contributed by atoms with van der Waals surface area (Å²) in [5.41, 5.74) is 1.02. The summed E-state index contributed by atoms with van der Waals surface area (Å²) in [6.45, 7) is 0. The van der Waals surface area contributed by atoms with Gasteiger partial charge >= 0.3 is 0 Å². The second-order valence-corrected chi connectivity index (χ2v) is 4.32. The van der Waals surface area contributed by atoms with Crippen LogP contribution in [0.5, 0.6) is 11.5 Å². The van der Waals surface area contributed by atoms with Gasteiger partial charge in [0, 0.05) is 6.07 Å². The topological polar surface area (TPSA) is 75.2 Å². The number of nitrogens with one attached hydrogen (secondary N) is 1. The zero-order valence-electron chi connectivity index (χ0n) is 10.8. The Bertz CT molecular complexity index is 840. The molecule has 5 heteroatoms. The number of nitrogens with zero attached hydrogens (tertiary/aromatic N) is 1. The number of benzene rings is 2. The van der Waals surface area contributed by atoms with Crippen molar-refractivity contribution in [2.24, 2.45) is 0 Å². The van der Waals surface area contributed by atoms with Gasteiger partial charge in [0.2, 0.25) is 0 Å². The fourth-order valence-electron chi connectivity index (χ4n) is 2.09. The maximum absolute atomic E-state index is 12.1. The Hall–Kier alpha value is -2.82.